The lowest BCUT2D eigenvalue weighted by Crippen LogP contribution is -3.12. The van der Waals surface area contributed by atoms with Crippen molar-refractivity contribution in [3.05, 3.63) is 75.9 Å². The number of aromatic nitrogens is 1. The Kier molecular flexibility index (Phi) is 5.15. The van der Waals surface area contributed by atoms with Crippen molar-refractivity contribution in [3.8, 4) is 5.75 Å². The molecule has 1 amide bonds. The Morgan fingerprint density at radius 3 is 2.68 bits per heavy atom. The first-order valence-electron chi connectivity index (χ1n) is 9.35. The van der Waals surface area contributed by atoms with Gasteiger partial charge >= 0.3 is 0 Å². The smallest absolute Gasteiger partial charge is 0.263 e. The number of pyridine rings is 1. The topological polar surface area (TPSA) is 46.9 Å². The maximum Gasteiger partial charge on any atom is 0.263 e. The van der Waals surface area contributed by atoms with Gasteiger partial charge in [0.1, 0.15) is 23.8 Å². The molecular formula is C22H24N3O2S+. The van der Waals surface area contributed by atoms with E-state index in [1.807, 2.05) is 53.6 Å². The third-order valence-electron chi connectivity index (χ3n) is 5.28. The molecule has 0 aliphatic carbocycles. The van der Waals surface area contributed by atoms with Crippen LogP contribution in [0.1, 0.15) is 32.1 Å². The molecule has 0 saturated heterocycles. The van der Waals surface area contributed by atoms with E-state index in [0.717, 1.165) is 29.5 Å². The molecule has 0 bridgehead atoms. The predicted molar refractivity (Wildman–Crippen MR) is 111 cm³/mol. The fourth-order valence-corrected chi connectivity index (χ4v) is 4.79. The second-order valence-corrected chi connectivity index (χ2v) is 8.31. The number of hydrogen-bond donors (Lipinski definition) is 1. The van der Waals surface area contributed by atoms with Crippen LogP contribution in [0, 0.1) is 13.8 Å². The number of benzene rings is 1. The molecule has 3 heterocycles. The van der Waals surface area contributed by atoms with Gasteiger partial charge in [-0.2, -0.15) is 0 Å². The Morgan fingerprint density at radius 2 is 2.00 bits per heavy atom. The van der Waals surface area contributed by atoms with Crippen molar-refractivity contribution < 1.29 is 14.4 Å². The maximum atomic E-state index is 13.3. The van der Waals surface area contributed by atoms with Gasteiger partial charge in [-0.05, 0) is 55.8 Å². The minimum atomic E-state index is 0.0309. The van der Waals surface area contributed by atoms with Gasteiger partial charge in [0.15, 0.2) is 6.67 Å². The summed E-state index contributed by atoms with van der Waals surface area (Å²) >= 11 is 1.72. The van der Waals surface area contributed by atoms with Gasteiger partial charge in [0.2, 0.25) is 0 Å². The Morgan fingerprint density at radius 1 is 1.21 bits per heavy atom. The Balaban J connectivity index is 1.66. The second kappa shape index (κ2) is 7.73. The number of thiophene rings is 1. The van der Waals surface area contributed by atoms with Gasteiger partial charge in [-0.15, -0.1) is 11.3 Å². The fourth-order valence-electron chi connectivity index (χ4n) is 3.61. The summed E-state index contributed by atoms with van der Waals surface area (Å²) in [6, 6.07) is 13.3. The van der Waals surface area contributed by atoms with E-state index in [0.29, 0.717) is 12.2 Å². The summed E-state index contributed by atoms with van der Waals surface area (Å²) in [4.78, 5) is 22.3. The van der Waals surface area contributed by atoms with Crippen molar-refractivity contribution in [1.29, 1.82) is 0 Å². The van der Waals surface area contributed by atoms with Crippen LogP contribution in [0.4, 0.5) is 5.00 Å². The number of fused-ring (bicyclic) bond motifs is 1. The summed E-state index contributed by atoms with van der Waals surface area (Å²) in [6.45, 7) is 6.63. The normalized spacial score (nSPS) is 16.0. The molecule has 1 aliphatic rings. The highest BCUT2D eigenvalue weighted by Crippen LogP contribution is 2.36. The molecule has 0 saturated carbocycles. The van der Waals surface area contributed by atoms with Gasteiger partial charge in [-0.3, -0.25) is 14.7 Å². The Labute approximate surface area is 169 Å². The van der Waals surface area contributed by atoms with Crippen LogP contribution >= 0.6 is 11.3 Å². The summed E-state index contributed by atoms with van der Waals surface area (Å²) in [7, 11) is 1.63. The van der Waals surface area contributed by atoms with Crippen molar-refractivity contribution in [3.63, 3.8) is 0 Å². The molecule has 4 rings (SSSR count). The average molecular weight is 395 g/mol. The third-order valence-corrected chi connectivity index (χ3v) is 6.55. The number of amides is 1. The largest absolute Gasteiger partial charge is 0.497 e. The molecule has 2 aromatic heterocycles. The van der Waals surface area contributed by atoms with Crippen LogP contribution in [-0.2, 0) is 13.1 Å². The molecule has 144 valence electrons. The Bertz CT molecular complexity index is 983. The highest BCUT2D eigenvalue weighted by molar-refractivity contribution is 7.16. The number of aryl methyl sites for hydroxylation is 1. The molecule has 0 fully saturated rings. The quantitative estimate of drug-likeness (QED) is 0.740. The molecule has 1 aromatic carbocycles. The zero-order chi connectivity index (χ0) is 19.7. The molecular weight excluding hydrogens is 370 g/mol. The monoisotopic (exact) mass is 394 g/mol. The first-order valence-corrected chi connectivity index (χ1v) is 10.2. The number of nitrogens with zero attached hydrogens (tertiary/aromatic N) is 2. The van der Waals surface area contributed by atoms with Gasteiger partial charge in [-0.25, -0.2) is 0 Å². The molecule has 0 radical (unpaired) electrons. The summed E-state index contributed by atoms with van der Waals surface area (Å²) in [5, 5.41) is 1.08. The van der Waals surface area contributed by atoms with Crippen LogP contribution in [0.2, 0.25) is 0 Å². The number of ether oxygens (including phenoxy) is 1. The van der Waals surface area contributed by atoms with Crippen LogP contribution in [0.3, 0.4) is 0 Å². The maximum absolute atomic E-state index is 13.3. The number of quaternary nitrogens is 1. The standard InChI is InChI=1S/C22H23N3O2S/c1-15-16(2)28-22-20(15)13-24(12-18-6-4-5-11-23-18)14-25(22)21(26)17-7-9-19(27-3)10-8-17/h4-11H,12-14H2,1-3H3/p+1. The van der Waals surface area contributed by atoms with E-state index in [4.69, 9.17) is 4.74 Å². The highest BCUT2D eigenvalue weighted by Gasteiger charge is 2.34. The van der Waals surface area contributed by atoms with Crippen LogP contribution in [0.5, 0.6) is 5.75 Å². The van der Waals surface area contributed by atoms with E-state index >= 15 is 0 Å². The molecule has 1 unspecified atom stereocenters. The van der Waals surface area contributed by atoms with E-state index in [1.165, 1.54) is 20.9 Å². The van der Waals surface area contributed by atoms with Crippen molar-refractivity contribution in [2.24, 2.45) is 0 Å². The van der Waals surface area contributed by atoms with E-state index < -0.39 is 0 Å². The zero-order valence-corrected chi connectivity index (χ0v) is 17.2. The number of anilines is 1. The number of hydrogen-bond acceptors (Lipinski definition) is 4. The molecule has 3 aromatic rings. The minimum absolute atomic E-state index is 0.0309. The number of methoxy groups -OCH3 is 1. The fraction of sp³-hybridized carbons (Fsp3) is 0.273. The molecule has 1 atom stereocenters. The van der Waals surface area contributed by atoms with Gasteiger partial charge in [-0.1, -0.05) is 6.07 Å². The van der Waals surface area contributed by atoms with Crippen molar-refractivity contribution in [2.45, 2.75) is 26.9 Å². The number of rotatable bonds is 4. The van der Waals surface area contributed by atoms with Crippen molar-refractivity contribution in [1.82, 2.24) is 4.98 Å². The SMILES string of the molecule is COc1ccc(C(=O)N2C[NH+](Cc3ccccn3)Cc3c2sc(C)c3C)cc1. The molecule has 0 spiro atoms. The number of carbonyl (C=O) groups is 1. The van der Waals surface area contributed by atoms with Crippen LogP contribution in [-0.4, -0.2) is 24.7 Å². The van der Waals surface area contributed by atoms with E-state index in [-0.39, 0.29) is 5.91 Å². The van der Waals surface area contributed by atoms with Crippen LogP contribution < -0.4 is 14.5 Å². The summed E-state index contributed by atoms with van der Waals surface area (Å²) in [5.74, 6) is 0.782. The first kappa shape index (κ1) is 18.7. The molecule has 5 nitrogen and oxygen atoms in total. The predicted octanol–water partition coefficient (Wildman–Crippen LogP) is 2.97. The van der Waals surface area contributed by atoms with Crippen molar-refractivity contribution in [2.75, 3.05) is 18.7 Å². The lowest BCUT2D eigenvalue weighted by atomic mass is 10.1. The molecule has 28 heavy (non-hydrogen) atoms. The summed E-state index contributed by atoms with van der Waals surface area (Å²) in [5.41, 5.74) is 4.30. The second-order valence-electron chi connectivity index (χ2n) is 7.11. The van der Waals surface area contributed by atoms with Crippen LogP contribution in [0.15, 0.2) is 48.7 Å². The molecule has 1 aliphatic heterocycles. The van der Waals surface area contributed by atoms with E-state index in [2.05, 4.69) is 18.8 Å². The number of carbonyl (C=O) groups excluding carboxylic acids is 1. The lowest BCUT2D eigenvalue weighted by molar-refractivity contribution is -0.928. The third kappa shape index (κ3) is 3.53. The number of nitrogens with one attached hydrogen (secondary N) is 1. The molecule has 6 heteroatoms. The first-order chi connectivity index (χ1) is 13.6. The van der Waals surface area contributed by atoms with Crippen LogP contribution in [0.25, 0.3) is 0 Å². The summed E-state index contributed by atoms with van der Waals surface area (Å²) in [6.07, 6.45) is 1.82. The van der Waals surface area contributed by atoms with Gasteiger partial charge in [0.05, 0.1) is 12.8 Å². The average Bonchev–Trinajstić information content (AvgIpc) is 3.02. The highest BCUT2D eigenvalue weighted by atomic mass is 32.1. The Hall–Kier alpha value is -2.70. The van der Waals surface area contributed by atoms with Gasteiger partial charge in [0.25, 0.3) is 5.91 Å². The van der Waals surface area contributed by atoms with Gasteiger partial charge in [0, 0.05) is 22.2 Å². The summed E-state index contributed by atoms with van der Waals surface area (Å²) < 4.78 is 5.22. The molecule has 1 N–H and O–H groups in total. The minimum Gasteiger partial charge on any atom is -0.497 e. The van der Waals surface area contributed by atoms with Gasteiger partial charge < -0.3 is 9.64 Å². The van der Waals surface area contributed by atoms with E-state index in [1.54, 1.807) is 18.4 Å². The zero-order valence-electron chi connectivity index (χ0n) is 16.4. The lowest BCUT2D eigenvalue weighted by Gasteiger charge is -2.32. The van der Waals surface area contributed by atoms with Crippen molar-refractivity contribution >= 4 is 22.2 Å². The van der Waals surface area contributed by atoms with E-state index in [9.17, 15) is 4.79 Å².